The van der Waals surface area contributed by atoms with Gasteiger partial charge in [-0.25, -0.2) is 0 Å². The van der Waals surface area contributed by atoms with Gasteiger partial charge < -0.3 is 14.4 Å². The van der Waals surface area contributed by atoms with Gasteiger partial charge in [-0.1, -0.05) is 23.9 Å². The van der Waals surface area contributed by atoms with E-state index in [0.29, 0.717) is 41.3 Å². The second kappa shape index (κ2) is 9.25. The third kappa shape index (κ3) is 4.68. The van der Waals surface area contributed by atoms with E-state index in [9.17, 15) is 9.59 Å². The van der Waals surface area contributed by atoms with Crippen LogP contribution in [-0.4, -0.2) is 58.6 Å². The fraction of sp³-hybridized carbons (Fsp3) is 0.318. The number of carbonyl (C=O) groups excluding carboxylic acids is 2. The summed E-state index contributed by atoms with van der Waals surface area (Å²) in [5.41, 5.74) is 2.75. The largest absolute Gasteiger partial charge is 0.484 e. The first-order valence-corrected chi connectivity index (χ1v) is 11.2. The van der Waals surface area contributed by atoms with Crippen LogP contribution in [0.3, 0.4) is 0 Å². The Kier molecular flexibility index (Phi) is 6.45. The van der Waals surface area contributed by atoms with E-state index in [2.05, 4.69) is 0 Å². The SMILES string of the molecule is Cc1ccc(C)n1N1C(=O)/C(=C\c2ccc(OCC(=O)N3CCOCC3)cc2)SC1=S. The zero-order valence-corrected chi connectivity index (χ0v) is 19.0. The second-order valence-electron chi connectivity index (χ2n) is 7.27. The Labute approximate surface area is 190 Å². The smallest absolute Gasteiger partial charge is 0.285 e. The van der Waals surface area contributed by atoms with Crippen LogP contribution >= 0.6 is 24.0 Å². The van der Waals surface area contributed by atoms with Gasteiger partial charge in [0.1, 0.15) is 5.75 Å². The van der Waals surface area contributed by atoms with E-state index >= 15 is 0 Å². The van der Waals surface area contributed by atoms with Gasteiger partial charge in [0.15, 0.2) is 10.9 Å². The van der Waals surface area contributed by atoms with Crippen molar-refractivity contribution >= 4 is 46.2 Å². The number of morpholine rings is 1. The maximum Gasteiger partial charge on any atom is 0.285 e. The van der Waals surface area contributed by atoms with Crippen molar-refractivity contribution in [1.29, 1.82) is 0 Å². The van der Waals surface area contributed by atoms with Gasteiger partial charge in [0.25, 0.3) is 11.8 Å². The summed E-state index contributed by atoms with van der Waals surface area (Å²) in [6.45, 7) is 6.21. The van der Waals surface area contributed by atoms with Gasteiger partial charge >= 0.3 is 0 Å². The third-order valence-corrected chi connectivity index (χ3v) is 6.39. The van der Waals surface area contributed by atoms with Gasteiger partial charge in [0, 0.05) is 24.5 Å². The number of thiocarbonyl (C=S) groups is 1. The molecule has 2 aliphatic rings. The monoisotopic (exact) mass is 457 g/mol. The number of amides is 2. The van der Waals surface area contributed by atoms with Gasteiger partial charge in [-0.2, -0.15) is 5.01 Å². The van der Waals surface area contributed by atoms with E-state index in [1.165, 1.54) is 16.8 Å². The average molecular weight is 458 g/mol. The molecule has 0 spiro atoms. The lowest BCUT2D eigenvalue weighted by atomic mass is 10.2. The molecule has 2 saturated heterocycles. The minimum absolute atomic E-state index is 0.00637. The van der Waals surface area contributed by atoms with Crippen molar-refractivity contribution in [3.8, 4) is 5.75 Å². The molecule has 0 N–H and O–H groups in total. The molecular weight excluding hydrogens is 434 g/mol. The molecule has 4 rings (SSSR count). The lowest BCUT2D eigenvalue weighted by Crippen LogP contribution is -2.42. The Hall–Kier alpha value is -2.62. The minimum Gasteiger partial charge on any atom is -0.484 e. The van der Waals surface area contributed by atoms with Crippen LogP contribution in [0.2, 0.25) is 0 Å². The number of carbonyl (C=O) groups is 2. The zero-order valence-electron chi connectivity index (χ0n) is 17.4. The first-order valence-electron chi connectivity index (χ1n) is 9.95. The van der Waals surface area contributed by atoms with Crippen LogP contribution in [-0.2, 0) is 14.3 Å². The first kappa shape index (κ1) is 21.6. The third-order valence-electron chi connectivity index (χ3n) is 5.11. The molecule has 2 amide bonds. The molecule has 2 aromatic rings. The van der Waals surface area contributed by atoms with E-state index in [0.717, 1.165) is 17.0 Å². The molecular formula is C22H23N3O4S2. The first-order chi connectivity index (χ1) is 14.9. The van der Waals surface area contributed by atoms with E-state index in [1.54, 1.807) is 17.0 Å². The molecule has 1 aromatic carbocycles. The molecule has 1 aromatic heterocycles. The fourth-order valence-corrected chi connectivity index (χ4v) is 4.71. The van der Waals surface area contributed by atoms with E-state index in [1.807, 2.05) is 48.9 Å². The van der Waals surface area contributed by atoms with Crippen molar-refractivity contribution in [2.75, 3.05) is 37.9 Å². The molecule has 0 bridgehead atoms. The highest BCUT2D eigenvalue weighted by atomic mass is 32.2. The Morgan fingerprint density at radius 3 is 2.42 bits per heavy atom. The fourth-order valence-electron chi connectivity index (χ4n) is 3.47. The zero-order chi connectivity index (χ0) is 22.0. The predicted octanol–water partition coefficient (Wildman–Crippen LogP) is 2.88. The summed E-state index contributed by atoms with van der Waals surface area (Å²) in [5.74, 6) is 0.408. The minimum atomic E-state index is -0.145. The van der Waals surface area contributed by atoms with E-state index in [4.69, 9.17) is 21.7 Å². The van der Waals surface area contributed by atoms with Crippen molar-refractivity contribution in [2.24, 2.45) is 0 Å². The van der Waals surface area contributed by atoms with Crippen LogP contribution in [0.25, 0.3) is 6.08 Å². The number of aromatic nitrogens is 1. The van der Waals surface area contributed by atoms with E-state index in [-0.39, 0.29) is 18.4 Å². The molecule has 162 valence electrons. The van der Waals surface area contributed by atoms with Gasteiger partial charge in [-0.15, -0.1) is 0 Å². The summed E-state index contributed by atoms with van der Waals surface area (Å²) in [6.07, 6.45) is 1.82. The van der Waals surface area contributed by atoms with Crippen molar-refractivity contribution in [3.63, 3.8) is 0 Å². The summed E-state index contributed by atoms with van der Waals surface area (Å²) < 4.78 is 13.2. The van der Waals surface area contributed by atoms with E-state index < -0.39 is 0 Å². The molecule has 31 heavy (non-hydrogen) atoms. The number of rotatable bonds is 5. The van der Waals surface area contributed by atoms with Crippen LogP contribution in [0.1, 0.15) is 17.0 Å². The van der Waals surface area contributed by atoms with Crippen LogP contribution in [0.15, 0.2) is 41.3 Å². The highest BCUT2D eigenvalue weighted by Gasteiger charge is 2.34. The maximum atomic E-state index is 13.0. The number of thioether (sulfide) groups is 1. The molecule has 0 unspecified atom stereocenters. The molecule has 2 fully saturated rings. The predicted molar refractivity (Wildman–Crippen MR) is 125 cm³/mol. The average Bonchev–Trinajstić information content (AvgIpc) is 3.24. The Morgan fingerprint density at radius 1 is 1.13 bits per heavy atom. The van der Waals surface area contributed by atoms with Crippen molar-refractivity contribution in [3.05, 3.63) is 58.3 Å². The summed E-state index contributed by atoms with van der Waals surface area (Å²) in [6, 6.07) is 11.2. The standard InChI is InChI=1S/C22H23N3O4S2/c1-15-3-4-16(2)24(15)25-21(27)19(31-22(25)30)13-17-5-7-18(8-6-17)29-14-20(26)23-9-11-28-12-10-23/h3-8,13H,9-12,14H2,1-2H3/b19-13+. The van der Waals surface area contributed by atoms with Gasteiger partial charge in [-0.3, -0.25) is 14.3 Å². The lowest BCUT2D eigenvalue weighted by molar-refractivity contribution is -0.137. The summed E-state index contributed by atoms with van der Waals surface area (Å²) in [4.78, 5) is 27.5. The van der Waals surface area contributed by atoms with Gasteiger partial charge in [-0.05, 0) is 62.0 Å². The molecule has 2 aliphatic heterocycles. The van der Waals surface area contributed by atoms with Crippen LogP contribution < -0.4 is 9.75 Å². The summed E-state index contributed by atoms with van der Waals surface area (Å²) >= 11 is 6.74. The number of ether oxygens (including phenoxy) is 2. The number of nitrogens with zero attached hydrogens (tertiary/aromatic N) is 3. The second-order valence-corrected chi connectivity index (χ2v) is 8.95. The van der Waals surface area contributed by atoms with Gasteiger partial charge in [0.2, 0.25) is 0 Å². The maximum absolute atomic E-state index is 13.0. The topological polar surface area (TPSA) is 64.0 Å². The quantitative estimate of drug-likeness (QED) is 0.508. The molecule has 9 heteroatoms. The normalized spacial score (nSPS) is 18.2. The highest BCUT2D eigenvalue weighted by molar-refractivity contribution is 8.27. The number of benzene rings is 1. The molecule has 3 heterocycles. The number of aryl methyl sites for hydroxylation is 2. The Morgan fingerprint density at radius 2 is 1.77 bits per heavy atom. The van der Waals surface area contributed by atoms with Gasteiger partial charge in [0.05, 0.1) is 18.1 Å². The number of hydrogen-bond acceptors (Lipinski definition) is 6. The number of hydrogen-bond donors (Lipinski definition) is 0. The Bertz CT molecular complexity index is 1020. The molecule has 0 radical (unpaired) electrons. The summed E-state index contributed by atoms with van der Waals surface area (Å²) in [7, 11) is 0. The molecule has 0 aliphatic carbocycles. The lowest BCUT2D eigenvalue weighted by Gasteiger charge is -2.26. The summed E-state index contributed by atoms with van der Waals surface area (Å²) in [5, 5.41) is 1.53. The van der Waals surface area contributed by atoms with Crippen LogP contribution in [0.4, 0.5) is 0 Å². The van der Waals surface area contributed by atoms with Crippen molar-refractivity contribution in [2.45, 2.75) is 13.8 Å². The van der Waals surface area contributed by atoms with Crippen molar-refractivity contribution in [1.82, 2.24) is 9.58 Å². The molecule has 0 saturated carbocycles. The molecule has 7 nitrogen and oxygen atoms in total. The van der Waals surface area contributed by atoms with Crippen LogP contribution in [0.5, 0.6) is 5.75 Å². The molecule has 0 atom stereocenters. The highest BCUT2D eigenvalue weighted by Crippen LogP contribution is 2.33. The van der Waals surface area contributed by atoms with Crippen LogP contribution in [0, 0.1) is 13.8 Å². The Balaban J connectivity index is 1.41. The van der Waals surface area contributed by atoms with Crippen molar-refractivity contribution < 1.29 is 19.1 Å².